The molecule has 1 aliphatic heterocycles. The van der Waals surface area contributed by atoms with Gasteiger partial charge in [-0.1, -0.05) is 0 Å². The monoisotopic (exact) mass is 296 g/mol. The number of anilines is 2. The van der Waals surface area contributed by atoms with E-state index in [2.05, 4.69) is 0 Å². The van der Waals surface area contributed by atoms with Gasteiger partial charge in [0.2, 0.25) is 5.91 Å². The number of hydrogen-bond acceptors (Lipinski definition) is 4. The Kier molecular flexibility index (Phi) is 4.32. The van der Waals surface area contributed by atoms with Gasteiger partial charge >= 0.3 is 0 Å². The maximum Gasteiger partial charge on any atom is 0.226 e. The molecule has 110 valence electrons. The first kappa shape index (κ1) is 14.8. The Morgan fingerprint density at radius 3 is 2.75 bits per heavy atom. The molecule has 5 nitrogen and oxygen atoms in total. The molecule has 1 aliphatic rings. The van der Waals surface area contributed by atoms with Crippen LogP contribution in [-0.2, 0) is 21.1 Å². The average Bonchev–Trinajstić information content (AvgIpc) is 2.48. The van der Waals surface area contributed by atoms with E-state index in [0.717, 1.165) is 24.1 Å². The van der Waals surface area contributed by atoms with Crippen molar-refractivity contribution in [1.29, 1.82) is 0 Å². The van der Waals surface area contributed by atoms with Gasteiger partial charge in [0.15, 0.2) is 0 Å². The number of fused-ring (bicyclic) bond motifs is 1. The number of aryl methyl sites for hydroxylation is 1. The van der Waals surface area contributed by atoms with Crippen molar-refractivity contribution in [2.45, 2.75) is 25.7 Å². The summed E-state index contributed by atoms with van der Waals surface area (Å²) >= 11 is 0. The Morgan fingerprint density at radius 2 is 2.05 bits per heavy atom. The highest BCUT2D eigenvalue weighted by atomic mass is 32.2. The molecule has 1 aromatic rings. The molecule has 0 atom stereocenters. The van der Waals surface area contributed by atoms with E-state index >= 15 is 0 Å². The average molecular weight is 296 g/mol. The zero-order valence-electron chi connectivity index (χ0n) is 11.6. The molecular formula is C14H20N2O3S. The van der Waals surface area contributed by atoms with Crippen LogP contribution in [0, 0.1) is 0 Å². The van der Waals surface area contributed by atoms with Gasteiger partial charge in [0.05, 0.1) is 5.75 Å². The zero-order valence-corrected chi connectivity index (χ0v) is 12.4. The van der Waals surface area contributed by atoms with Crippen molar-refractivity contribution in [3.63, 3.8) is 0 Å². The summed E-state index contributed by atoms with van der Waals surface area (Å²) in [7, 11) is -2.99. The van der Waals surface area contributed by atoms with E-state index in [9.17, 15) is 13.2 Å². The Balaban J connectivity index is 2.20. The van der Waals surface area contributed by atoms with E-state index in [1.165, 1.54) is 6.26 Å². The van der Waals surface area contributed by atoms with Crippen LogP contribution in [0.25, 0.3) is 0 Å². The van der Waals surface area contributed by atoms with E-state index in [-0.39, 0.29) is 11.7 Å². The van der Waals surface area contributed by atoms with Crippen LogP contribution < -0.4 is 10.6 Å². The highest BCUT2D eigenvalue weighted by Gasteiger charge is 2.22. The Bertz CT molecular complexity index is 611. The number of carbonyl (C=O) groups excluding carboxylic acids is 1. The van der Waals surface area contributed by atoms with Crippen molar-refractivity contribution in [3.8, 4) is 0 Å². The maximum absolute atomic E-state index is 12.2. The molecule has 0 saturated heterocycles. The molecule has 0 fully saturated rings. The van der Waals surface area contributed by atoms with Crippen LogP contribution in [0.2, 0.25) is 0 Å². The summed E-state index contributed by atoms with van der Waals surface area (Å²) in [5, 5.41) is 0. The predicted octanol–water partition coefficient (Wildman–Crippen LogP) is 1.37. The highest BCUT2D eigenvalue weighted by molar-refractivity contribution is 7.90. The van der Waals surface area contributed by atoms with Crippen molar-refractivity contribution in [1.82, 2.24) is 0 Å². The lowest BCUT2D eigenvalue weighted by atomic mass is 10.1. The van der Waals surface area contributed by atoms with Crippen LogP contribution in [0.5, 0.6) is 0 Å². The second-order valence-electron chi connectivity index (χ2n) is 5.27. The summed E-state index contributed by atoms with van der Waals surface area (Å²) in [6.07, 6.45) is 3.79. The van der Waals surface area contributed by atoms with Gasteiger partial charge in [-0.25, -0.2) is 8.42 Å². The number of sulfone groups is 1. The molecule has 2 rings (SSSR count). The van der Waals surface area contributed by atoms with Gasteiger partial charge in [0.1, 0.15) is 9.84 Å². The van der Waals surface area contributed by atoms with E-state index in [1.54, 1.807) is 11.0 Å². The third kappa shape index (κ3) is 3.72. The summed E-state index contributed by atoms with van der Waals surface area (Å²) in [6, 6.07) is 5.53. The van der Waals surface area contributed by atoms with Crippen LogP contribution in [-0.4, -0.2) is 32.9 Å². The van der Waals surface area contributed by atoms with Crippen molar-refractivity contribution < 1.29 is 13.2 Å². The molecule has 1 amide bonds. The standard InChI is InChI=1S/C14H20N2O3S/c1-20(18,19)9-3-8-16-13-7-6-12(15)10-11(13)4-2-5-14(16)17/h6-7,10H,2-5,8-9,15H2,1H3. The van der Waals surface area contributed by atoms with Crippen molar-refractivity contribution >= 4 is 27.1 Å². The van der Waals surface area contributed by atoms with Gasteiger partial charge < -0.3 is 10.6 Å². The molecule has 0 spiro atoms. The SMILES string of the molecule is CS(=O)(=O)CCCN1C(=O)CCCc2cc(N)ccc21. The van der Waals surface area contributed by atoms with Crippen molar-refractivity contribution in [2.24, 2.45) is 0 Å². The minimum Gasteiger partial charge on any atom is -0.399 e. The fourth-order valence-corrected chi connectivity index (χ4v) is 3.15. The summed E-state index contributed by atoms with van der Waals surface area (Å²) in [5.41, 5.74) is 8.41. The lowest BCUT2D eigenvalue weighted by Crippen LogP contribution is -2.32. The largest absolute Gasteiger partial charge is 0.399 e. The number of nitrogen functional groups attached to an aromatic ring is 1. The molecule has 1 aromatic carbocycles. The molecule has 2 N–H and O–H groups in total. The Hall–Kier alpha value is -1.56. The van der Waals surface area contributed by atoms with E-state index in [1.807, 2.05) is 12.1 Å². The molecule has 20 heavy (non-hydrogen) atoms. The first-order chi connectivity index (χ1) is 9.37. The molecule has 0 aromatic heterocycles. The highest BCUT2D eigenvalue weighted by Crippen LogP contribution is 2.28. The minimum absolute atomic E-state index is 0.0574. The lowest BCUT2D eigenvalue weighted by Gasteiger charge is -2.23. The normalized spacial score (nSPS) is 15.8. The topological polar surface area (TPSA) is 80.5 Å². The molecule has 0 aliphatic carbocycles. The third-order valence-corrected chi connectivity index (χ3v) is 4.46. The third-order valence-electron chi connectivity index (χ3n) is 3.43. The Morgan fingerprint density at radius 1 is 1.30 bits per heavy atom. The number of carbonyl (C=O) groups is 1. The van der Waals surface area contributed by atoms with Gasteiger partial charge in [-0.3, -0.25) is 4.79 Å². The quantitative estimate of drug-likeness (QED) is 0.851. The van der Waals surface area contributed by atoms with Crippen LogP contribution in [0.4, 0.5) is 11.4 Å². The minimum atomic E-state index is -2.99. The first-order valence-corrected chi connectivity index (χ1v) is 8.79. The predicted molar refractivity (Wildman–Crippen MR) is 80.5 cm³/mol. The summed E-state index contributed by atoms with van der Waals surface area (Å²) < 4.78 is 22.4. The molecular weight excluding hydrogens is 276 g/mol. The molecule has 0 bridgehead atoms. The van der Waals surface area contributed by atoms with Crippen LogP contribution in [0.3, 0.4) is 0 Å². The van der Waals surface area contributed by atoms with E-state index in [4.69, 9.17) is 5.73 Å². The fourth-order valence-electron chi connectivity index (χ4n) is 2.50. The van der Waals surface area contributed by atoms with Crippen LogP contribution in [0.1, 0.15) is 24.8 Å². The second-order valence-corrected chi connectivity index (χ2v) is 7.53. The zero-order chi connectivity index (χ0) is 14.8. The van der Waals surface area contributed by atoms with Crippen molar-refractivity contribution in [2.75, 3.05) is 29.2 Å². The molecule has 0 radical (unpaired) electrons. The molecule has 1 heterocycles. The molecule has 0 unspecified atom stereocenters. The van der Waals surface area contributed by atoms with E-state index < -0.39 is 9.84 Å². The summed E-state index contributed by atoms with van der Waals surface area (Å²) in [4.78, 5) is 13.9. The van der Waals surface area contributed by atoms with Gasteiger partial charge in [-0.15, -0.1) is 0 Å². The second kappa shape index (κ2) is 5.83. The van der Waals surface area contributed by atoms with Crippen LogP contribution in [0.15, 0.2) is 18.2 Å². The first-order valence-electron chi connectivity index (χ1n) is 6.73. The van der Waals surface area contributed by atoms with Crippen molar-refractivity contribution in [3.05, 3.63) is 23.8 Å². The van der Waals surface area contributed by atoms with Crippen LogP contribution >= 0.6 is 0 Å². The maximum atomic E-state index is 12.2. The summed E-state index contributed by atoms with van der Waals surface area (Å²) in [6.45, 7) is 0.433. The van der Waals surface area contributed by atoms with Gasteiger partial charge in [0, 0.05) is 30.6 Å². The smallest absolute Gasteiger partial charge is 0.226 e. The number of hydrogen-bond donors (Lipinski definition) is 1. The lowest BCUT2D eigenvalue weighted by molar-refractivity contribution is -0.118. The molecule has 6 heteroatoms. The van der Waals surface area contributed by atoms with E-state index in [0.29, 0.717) is 25.1 Å². The number of rotatable bonds is 4. The number of benzene rings is 1. The van der Waals surface area contributed by atoms with Gasteiger partial charge in [-0.2, -0.15) is 0 Å². The van der Waals surface area contributed by atoms with Gasteiger partial charge in [-0.05, 0) is 43.0 Å². The number of amides is 1. The molecule has 0 saturated carbocycles. The summed E-state index contributed by atoms with van der Waals surface area (Å²) in [5.74, 6) is 0.156. The Labute approximate surface area is 119 Å². The number of nitrogens with zero attached hydrogens (tertiary/aromatic N) is 1. The number of nitrogens with two attached hydrogens (primary N) is 1. The van der Waals surface area contributed by atoms with Gasteiger partial charge in [0.25, 0.3) is 0 Å². The fraction of sp³-hybridized carbons (Fsp3) is 0.500.